The molecule has 0 bridgehead atoms. The van der Waals surface area contributed by atoms with Crippen LogP contribution in [0.1, 0.15) is 26.3 Å². The molecule has 0 aromatic heterocycles. The van der Waals surface area contributed by atoms with Crippen LogP contribution in [-0.4, -0.2) is 8.76 Å². The first-order chi connectivity index (χ1) is 6.41. The molecule has 1 aromatic carbocycles. The molecule has 0 aliphatic carbocycles. The van der Waals surface area contributed by atoms with Crippen molar-refractivity contribution in [2.24, 2.45) is 0 Å². The van der Waals surface area contributed by atoms with Crippen molar-refractivity contribution in [2.45, 2.75) is 26.2 Å². The maximum Gasteiger partial charge on any atom is 0.0489 e. The third-order valence-corrected chi connectivity index (χ3v) is 2.31. The second-order valence-corrected chi connectivity index (χ2v) is 4.81. The van der Waals surface area contributed by atoms with Gasteiger partial charge in [-0.25, -0.2) is 0 Å². The van der Waals surface area contributed by atoms with Gasteiger partial charge in [0.25, 0.3) is 0 Å². The molecule has 1 N–H and O–H groups in total. The standard InChI is InChI=1S/C10H15NO2S/c1-10(2,3)8-6-4-5-7-9(8)11-14(12)13/h4-7,11H,1-3H3,(H,12,13)/p-1. The molecule has 1 aromatic rings. The van der Waals surface area contributed by atoms with Gasteiger partial charge in [0.2, 0.25) is 0 Å². The van der Waals surface area contributed by atoms with Crippen molar-refractivity contribution in [2.75, 3.05) is 4.72 Å². The number of hydrogen-bond acceptors (Lipinski definition) is 2. The largest absolute Gasteiger partial charge is 0.755 e. The van der Waals surface area contributed by atoms with E-state index in [1.54, 1.807) is 6.07 Å². The molecule has 0 amide bonds. The topological polar surface area (TPSA) is 52.2 Å². The molecule has 0 heterocycles. The Labute approximate surface area is 87.0 Å². The highest BCUT2D eigenvalue weighted by molar-refractivity contribution is 7.80. The van der Waals surface area contributed by atoms with E-state index in [1.807, 2.05) is 39.0 Å². The lowest BCUT2D eigenvalue weighted by molar-refractivity contribution is 0.542. The summed E-state index contributed by atoms with van der Waals surface area (Å²) in [7, 11) is 0. The Morgan fingerprint density at radius 2 is 1.86 bits per heavy atom. The summed E-state index contributed by atoms with van der Waals surface area (Å²) in [5.41, 5.74) is 1.57. The van der Waals surface area contributed by atoms with Crippen molar-refractivity contribution < 1.29 is 8.76 Å². The van der Waals surface area contributed by atoms with Crippen molar-refractivity contribution in [3.8, 4) is 0 Å². The number of para-hydroxylation sites is 1. The van der Waals surface area contributed by atoms with Gasteiger partial charge < -0.3 is 9.27 Å². The van der Waals surface area contributed by atoms with Crippen LogP contribution in [0.2, 0.25) is 0 Å². The number of nitrogens with one attached hydrogen (secondary N) is 1. The van der Waals surface area contributed by atoms with Crippen LogP contribution in [0.25, 0.3) is 0 Å². The zero-order valence-electron chi connectivity index (χ0n) is 8.53. The van der Waals surface area contributed by atoms with E-state index in [2.05, 4.69) is 4.72 Å². The summed E-state index contributed by atoms with van der Waals surface area (Å²) in [5.74, 6) is 0. The highest BCUT2D eigenvalue weighted by Gasteiger charge is 2.16. The Morgan fingerprint density at radius 3 is 2.36 bits per heavy atom. The second-order valence-electron chi connectivity index (χ2n) is 4.13. The third-order valence-electron chi connectivity index (χ3n) is 1.93. The SMILES string of the molecule is CC(C)(C)c1ccccc1NS(=O)[O-]. The summed E-state index contributed by atoms with van der Waals surface area (Å²) in [5, 5.41) is 0. The Kier molecular flexibility index (Phi) is 3.29. The van der Waals surface area contributed by atoms with Crippen molar-refractivity contribution >= 4 is 17.0 Å². The zero-order valence-corrected chi connectivity index (χ0v) is 9.35. The fourth-order valence-corrected chi connectivity index (χ4v) is 1.67. The first kappa shape index (κ1) is 11.2. The lowest BCUT2D eigenvalue weighted by atomic mass is 9.86. The van der Waals surface area contributed by atoms with Gasteiger partial charge in [-0.1, -0.05) is 39.0 Å². The molecular weight excluding hydrogens is 198 g/mol. The van der Waals surface area contributed by atoms with Gasteiger partial charge >= 0.3 is 0 Å². The number of benzene rings is 1. The summed E-state index contributed by atoms with van der Waals surface area (Å²) < 4.78 is 23.5. The van der Waals surface area contributed by atoms with Gasteiger partial charge in [-0.2, -0.15) is 0 Å². The molecular formula is C10H14NO2S-. The number of hydrogen-bond donors (Lipinski definition) is 1. The van der Waals surface area contributed by atoms with Crippen LogP contribution < -0.4 is 4.72 Å². The maximum atomic E-state index is 10.5. The average Bonchev–Trinajstić information content (AvgIpc) is 2.01. The second kappa shape index (κ2) is 4.11. The minimum atomic E-state index is -2.26. The molecule has 1 rings (SSSR count). The van der Waals surface area contributed by atoms with Crippen LogP contribution in [0, 0.1) is 0 Å². The maximum absolute atomic E-state index is 10.5. The molecule has 14 heavy (non-hydrogen) atoms. The van der Waals surface area contributed by atoms with E-state index in [9.17, 15) is 8.76 Å². The normalized spacial score (nSPS) is 13.7. The molecule has 78 valence electrons. The fraction of sp³-hybridized carbons (Fsp3) is 0.400. The Morgan fingerprint density at radius 1 is 1.29 bits per heavy atom. The van der Waals surface area contributed by atoms with Crippen LogP contribution in [0.3, 0.4) is 0 Å². The molecule has 3 nitrogen and oxygen atoms in total. The van der Waals surface area contributed by atoms with Crippen molar-refractivity contribution in [3.05, 3.63) is 29.8 Å². The van der Waals surface area contributed by atoms with Crippen molar-refractivity contribution in [3.63, 3.8) is 0 Å². The lowest BCUT2D eigenvalue weighted by Gasteiger charge is -2.23. The molecule has 1 atom stereocenters. The molecule has 0 spiro atoms. The fourth-order valence-electron chi connectivity index (χ4n) is 1.32. The Balaban J connectivity index is 3.10. The summed E-state index contributed by atoms with van der Waals surface area (Å²) in [6.45, 7) is 6.13. The van der Waals surface area contributed by atoms with Gasteiger partial charge in [-0.15, -0.1) is 0 Å². The van der Waals surface area contributed by atoms with E-state index in [0.717, 1.165) is 5.56 Å². The van der Waals surface area contributed by atoms with Crippen LogP contribution in [0.5, 0.6) is 0 Å². The molecule has 0 saturated carbocycles. The van der Waals surface area contributed by atoms with Crippen molar-refractivity contribution in [1.82, 2.24) is 0 Å². The highest BCUT2D eigenvalue weighted by atomic mass is 32.2. The predicted octanol–water partition coefficient (Wildman–Crippen LogP) is 2.19. The van der Waals surface area contributed by atoms with Gasteiger partial charge in [0.1, 0.15) is 0 Å². The first-order valence-corrected chi connectivity index (χ1v) is 5.44. The van der Waals surface area contributed by atoms with Crippen LogP contribution in [0.4, 0.5) is 5.69 Å². The molecule has 0 radical (unpaired) electrons. The van der Waals surface area contributed by atoms with Crippen LogP contribution in [-0.2, 0) is 16.7 Å². The lowest BCUT2D eigenvalue weighted by Crippen LogP contribution is -2.15. The van der Waals surface area contributed by atoms with E-state index in [-0.39, 0.29) is 5.41 Å². The number of anilines is 1. The third kappa shape index (κ3) is 2.82. The van der Waals surface area contributed by atoms with E-state index < -0.39 is 11.3 Å². The molecule has 1 unspecified atom stereocenters. The van der Waals surface area contributed by atoms with E-state index in [1.165, 1.54) is 0 Å². The molecule has 0 aliphatic heterocycles. The summed E-state index contributed by atoms with van der Waals surface area (Å²) in [6.07, 6.45) is 0. The van der Waals surface area contributed by atoms with Crippen molar-refractivity contribution in [1.29, 1.82) is 0 Å². The predicted molar refractivity (Wildman–Crippen MR) is 57.7 cm³/mol. The van der Waals surface area contributed by atoms with E-state index >= 15 is 0 Å². The van der Waals surface area contributed by atoms with E-state index in [4.69, 9.17) is 0 Å². The van der Waals surface area contributed by atoms with Gasteiger partial charge in [-0.3, -0.25) is 4.21 Å². The summed E-state index contributed by atoms with van der Waals surface area (Å²) in [6, 6.07) is 7.40. The molecule has 4 heteroatoms. The van der Waals surface area contributed by atoms with Crippen LogP contribution in [0.15, 0.2) is 24.3 Å². The molecule has 0 saturated heterocycles. The van der Waals surface area contributed by atoms with Gasteiger partial charge in [0.05, 0.1) is 0 Å². The molecule has 0 aliphatic rings. The monoisotopic (exact) mass is 212 g/mol. The summed E-state index contributed by atoms with van der Waals surface area (Å²) in [4.78, 5) is 0. The quantitative estimate of drug-likeness (QED) is 0.764. The van der Waals surface area contributed by atoms with Gasteiger partial charge in [0, 0.05) is 17.0 Å². The first-order valence-electron chi connectivity index (χ1n) is 4.36. The zero-order chi connectivity index (χ0) is 10.8. The van der Waals surface area contributed by atoms with Gasteiger partial charge in [-0.05, 0) is 17.0 Å². The minimum Gasteiger partial charge on any atom is -0.755 e. The highest BCUT2D eigenvalue weighted by Crippen LogP contribution is 2.29. The summed E-state index contributed by atoms with van der Waals surface area (Å²) >= 11 is -2.26. The average molecular weight is 212 g/mol. The minimum absolute atomic E-state index is 0.0665. The molecule has 0 fully saturated rings. The van der Waals surface area contributed by atoms with Crippen LogP contribution >= 0.6 is 0 Å². The Bertz CT molecular complexity index is 344. The van der Waals surface area contributed by atoms with E-state index in [0.29, 0.717) is 5.69 Å². The van der Waals surface area contributed by atoms with Gasteiger partial charge in [0.15, 0.2) is 0 Å². The smallest absolute Gasteiger partial charge is 0.0489 e. The Hall–Kier alpha value is -0.870. The number of rotatable bonds is 2.